The molecule has 3 fully saturated rings. The largest absolute Gasteiger partial charge is 0.354 e. The lowest BCUT2D eigenvalue weighted by Gasteiger charge is -2.31. The fraction of sp³-hybridized carbons (Fsp3) is 0.500. The predicted molar refractivity (Wildman–Crippen MR) is 118 cm³/mol. The number of anilines is 1. The molecule has 4 atom stereocenters. The topological polar surface area (TPSA) is 109 Å². The molecular formula is C22H29N7O2. The Balaban J connectivity index is 1.21. The second-order valence-corrected chi connectivity index (χ2v) is 8.96. The quantitative estimate of drug-likeness (QED) is 0.659. The van der Waals surface area contributed by atoms with Crippen molar-refractivity contribution in [2.75, 3.05) is 38.0 Å². The minimum absolute atomic E-state index is 0.233. The van der Waals surface area contributed by atoms with Crippen molar-refractivity contribution in [1.82, 2.24) is 24.7 Å². The van der Waals surface area contributed by atoms with Gasteiger partial charge in [0.15, 0.2) is 0 Å². The Hall–Kier alpha value is -2.75. The fourth-order valence-electron chi connectivity index (χ4n) is 4.78. The number of carbonyl (C=O) groups is 1. The van der Waals surface area contributed by atoms with Crippen molar-refractivity contribution >= 4 is 11.8 Å². The molecule has 1 aromatic heterocycles. The number of carbonyl (C=O) groups excluding carboxylic acids is 1. The molecule has 1 saturated carbocycles. The number of likely N-dealkylation sites (tertiary alicyclic amines) is 1. The van der Waals surface area contributed by atoms with Gasteiger partial charge in [-0.05, 0) is 42.5 Å². The van der Waals surface area contributed by atoms with Gasteiger partial charge in [0.2, 0.25) is 0 Å². The Kier molecular flexibility index (Phi) is 5.25. The Bertz CT molecular complexity index is 1010. The van der Waals surface area contributed by atoms with Gasteiger partial charge in [0.1, 0.15) is 5.82 Å². The molecule has 1 aromatic carbocycles. The lowest BCUT2D eigenvalue weighted by molar-refractivity contribution is 0.192. The van der Waals surface area contributed by atoms with Crippen LogP contribution in [0.3, 0.4) is 0 Å². The van der Waals surface area contributed by atoms with Crippen molar-refractivity contribution in [2.45, 2.75) is 25.6 Å². The standard InChI is InChI=1S/C22H29N7O2/c1-14-10-28(9-7-24-14)21(30)25-19-6-8-29(22(31)26-19)16-4-2-15(3-5-16)11-27-12-17-18(13-27)20(17)23/h2-6,8,14,17-18,20,24H,7,9-13,23H2,1H3,(H,25,26,30,31)/t14-,17-,18?,20+/m1/s1. The molecule has 0 bridgehead atoms. The molecule has 9 nitrogen and oxygen atoms in total. The molecule has 0 radical (unpaired) electrons. The van der Waals surface area contributed by atoms with E-state index in [1.807, 2.05) is 31.2 Å². The highest BCUT2D eigenvalue weighted by Gasteiger charge is 2.53. The van der Waals surface area contributed by atoms with Crippen LogP contribution >= 0.6 is 0 Å². The third-order valence-corrected chi connectivity index (χ3v) is 6.65. The first kappa shape index (κ1) is 20.2. The van der Waals surface area contributed by atoms with Gasteiger partial charge < -0.3 is 16.0 Å². The van der Waals surface area contributed by atoms with Crippen molar-refractivity contribution in [3.05, 3.63) is 52.6 Å². The third-order valence-electron chi connectivity index (χ3n) is 6.65. The highest BCUT2D eigenvalue weighted by Crippen LogP contribution is 2.44. The number of urea groups is 1. The Morgan fingerprint density at radius 3 is 2.61 bits per heavy atom. The molecule has 2 aromatic rings. The number of aromatic nitrogens is 2. The average molecular weight is 424 g/mol. The summed E-state index contributed by atoms with van der Waals surface area (Å²) in [6, 6.07) is 10.0. The van der Waals surface area contributed by atoms with E-state index < -0.39 is 5.69 Å². The van der Waals surface area contributed by atoms with Crippen LogP contribution in [0, 0.1) is 11.8 Å². The van der Waals surface area contributed by atoms with E-state index >= 15 is 0 Å². The minimum atomic E-state index is -0.423. The maximum Gasteiger partial charge on any atom is 0.354 e. The molecule has 0 spiro atoms. The van der Waals surface area contributed by atoms with E-state index in [9.17, 15) is 9.59 Å². The summed E-state index contributed by atoms with van der Waals surface area (Å²) in [5.74, 6) is 1.62. The molecule has 1 aliphatic carbocycles. The van der Waals surface area contributed by atoms with Crippen LogP contribution in [0.2, 0.25) is 0 Å². The fourth-order valence-corrected chi connectivity index (χ4v) is 4.78. The lowest BCUT2D eigenvalue weighted by Crippen LogP contribution is -2.52. The van der Waals surface area contributed by atoms with Crippen molar-refractivity contribution in [1.29, 1.82) is 0 Å². The van der Waals surface area contributed by atoms with E-state index in [0.717, 1.165) is 31.9 Å². The van der Waals surface area contributed by atoms with Crippen molar-refractivity contribution < 1.29 is 4.79 Å². The molecule has 2 aliphatic heterocycles. The number of nitrogens with two attached hydrogens (primary N) is 1. The smallest absolute Gasteiger partial charge is 0.327 e. The van der Waals surface area contributed by atoms with Gasteiger partial charge in [0.05, 0.1) is 5.69 Å². The SMILES string of the molecule is C[C@@H]1CN(C(=O)Nc2ccn(-c3ccc(CN4CC5[C@@H](N)[C@@H]5C4)cc3)c(=O)n2)CCN1. The van der Waals surface area contributed by atoms with Gasteiger partial charge in [-0.1, -0.05) is 12.1 Å². The van der Waals surface area contributed by atoms with E-state index in [1.54, 1.807) is 17.2 Å². The van der Waals surface area contributed by atoms with Gasteiger partial charge in [-0.15, -0.1) is 0 Å². The summed E-state index contributed by atoms with van der Waals surface area (Å²) in [4.78, 5) is 33.2. The van der Waals surface area contributed by atoms with Gasteiger partial charge in [0, 0.05) is 57.5 Å². The van der Waals surface area contributed by atoms with Crippen LogP contribution < -0.4 is 22.1 Å². The molecule has 4 N–H and O–H groups in total. The van der Waals surface area contributed by atoms with Gasteiger partial charge in [-0.25, -0.2) is 9.59 Å². The van der Waals surface area contributed by atoms with E-state index in [-0.39, 0.29) is 17.9 Å². The summed E-state index contributed by atoms with van der Waals surface area (Å²) < 4.78 is 1.48. The maximum absolute atomic E-state index is 12.5. The highest BCUT2D eigenvalue weighted by atomic mass is 16.2. The number of piperidine rings is 1. The summed E-state index contributed by atoms with van der Waals surface area (Å²) in [6.07, 6.45) is 1.65. The minimum Gasteiger partial charge on any atom is -0.327 e. The van der Waals surface area contributed by atoms with Crippen LogP contribution in [-0.4, -0.2) is 70.2 Å². The summed E-state index contributed by atoms with van der Waals surface area (Å²) in [5, 5.41) is 6.03. The molecule has 3 aliphatic rings. The Morgan fingerprint density at radius 2 is 1.94 bits per heavy atom. The average Bonchev–Trinajstić information content (AvgIpc) is 3.15. The first-order valence-corrected chi connectivity index (χ1v) is 10.9. The van der Waals surface area contributed by atoms with E-state index in [4.69, 9.17) is 5.73 Å². The van der Waals surface area contributed by atoms with Crippen molar-refractivity contribution in [3.63, 3.8) is 0 Å². The van der Waals surface area contributed by atoms with Crippen LogP contribution in [0.1, 0.15) is 12.5 Å². The number of nitrogens with one attached hydrogen (secondary N) is 2. The molecule has 164 valence electrons. The van der Waals surface area contributed by atoms with Gasteiger partial charge in [0.25, 0.3) is 0 Å². The molecule has 3 heterocycles. The summed E-state index contributed by atoms with van der Waals surface area (Å²) in [7, 11) is 0. The molecule has 31 heavy (non-hydrogen) atoms. The second kappa shape index (κ2) is 8.07. The number of piperazine rings is 1. The Labute approximate surface area is 181 Å². The van der Waals surface area contributed by atoms with Gasteiger partial charge in [-0.3, -0.25) is 14.8 Å². The Morgan fingerprint density at radius 1 is 1.19 bits per heavy atom. The van der Waals surface area contributed by atoms with Crippen molar-refractivity contribution in [3.8, 4) is 5.69 Å². The number of amides is 2. The van der Waals surface area contributed by atoms with Crippen LogP contribution in [0.25, 0.3) is 5.69 Å². The van der Waals surface area contributed by atoms with E-state index in [2.05, 4.69) is 20.5 Å². The maximum atomic E-state index is 12.5. The first-order chi connectivity index (χ1) is 15.0. The normalized spacial score (nSPS) is 27.7. The predicted octanol–water partition coefficient (Wildman–Crippen LogP) is 0.447. The number of benzene rings is 1. The second-order valence-electron chi connectivity index (χ2n) is 8.96. The number of hydrogen-bond donors (Lipinski definition) is 3. The number of rotatable bonds is 4. The van der Waals surface area contributed by atoms with Crippen LogP contribution in [0.4, 0.5) is 10.6 Å². The molecule has 1 unspecified atom stereocenters. The first-order valence-electron chi connectivity index (χ1n) is 10.9. The highest BCUT2D eigenvalue weighted by molar-refractivity contribution is 5.88. The van der Waals surface area contributed by atoms with Crippen LogP contribution in [0.5, 0.6) is 0 Å². The van der Waals surface area contributed by atoms with E-state index in [0.29, 0.717) is 31.0 Å². The number of nitrogens with zero attached hydrogens (tertiary/aromatic N) is 4. The van der Waals surface area contributed by atoms with Gasteiger partial charge in [-0.2, -0.15) is 4.98 Å². The number of hydrogen-bond acceptors (Lipinski definition) is 6. The number of fused-ring (bicyclic) bond motifs is 1. The zero-order valence-corrected chi connectivity index (χ0v) is 17.7. The lowest BCUT2D eigenvalue weighted by atomic mass is 10.2. The molecule has 5 rings (SSSR count). The molecule has 2 saturated heterocycles. The zero-order valence-electron chi connectivity index (χ0n) is 17.7. The monoisotopic (exact) mass is 423 g/mol. The van der Waals surface area contributed by atoms with Crippen LogP contribution in [-0.2, 0) is 6.54 Å². The van der Waals surface area contributed by atoms with E-state index in [1.165, 1.54) is 10.1 Å². The third kappa shape index (κ3) is 4.21. The van der Waals surface area contributed by atoms with Gasteiger partial charge >= 0.3 is 11.7 Å². The summed E-state index contributed by atoms with van der Waals surface area (Å²) in [6.45, 7) is 7.11. The molecule has 9 heteroatoms. The summed E-state index contributed by atoms with van der Waals surface area (Å²) in [5.41, 5.74) is 7.56. The molecular weight excluding hydrogens is 394 g/mol. The van der Waals surface area contributed by atoms with Crippen molar-refractivity contribution in [2.24, 2.45) is 17.6 Å². The summed E-state index contributed by atoms with van der Waals surface area (Å²) >= 11 is 0. The molecule has 2 amide bonds. The van der Waals surface area contributed by atoms with Crippen LogP contribution in [0.15, 0.2) is 41.3 Å². The zero-order chi connectivity index (χ0) is 21.5.